The molecule has 1 heterocycles. The van der Waals surface area contributed by atoms with E-state index >= 15 is 0 Å². The van der Waals surface area contributed by atoms with Crippen molar-refractivity contribution in [3.8, 4) is 0 Å². The van der Waals surface area contributed by atoms with Crippen molar-refractivity contribution in [2.45, 2.75) is 59.5 Å². The first-order valence-electron chi connectivity index (χ1n) is 6.74. The number of hydrogen-bond donors (Lipinski definition) is 1. The molecule has 1 aliphatic rings. The highest BCUT2D eigenvalue weighted by atomic mass is 32.1. The second-order valence-corrected chi connectivity index (χ2v) is 6.78. The number of aromatic nitrogens is 1. The van der Waals surface area contributed by atoms with E-state index < -0.39 is 0 Å². The topological polar surface area (TPSA) is 24.9 Å². The first-order valence-corrected chi connectivity index (χ1v) is 7.56. The van der Waals surface area contributed by atoms with Crippen LogP contribution in [0.15, 0.2) is 0 Å². The van der Waals surface area contributed by atoms with E-state index in [2.05, 4.69) is 38.0 Å². The smallest absolute Gasteiger partial charge is 0.0900 e. The monoisotopic (exact) mass is 252 g/mol. The molecule has 0 spiro atoms. The van der Waals surface area contributed by atoms with Crippen LogP contribution in [-0.4, -0.2) is 11.0 Å². The Kier molecular flexibility index (Phi) is 4.21. The summed E-state index contributed by atoms with van der Waals surface area (Å²) in [5, 5.41) is 4.93. The molecule has 0 saturated heterocycles. The standard InChI is InChI=1S/C14H24N2S/c1-9-6-5-7-13(10(9)2)15-8-14-11(3)16-12(4)17-14/h9-10,13,15H,5-8H2,1-4H3. The Labute approximate surface area is 109 Å². The molecule has 3 atom stereocenters. The minimum atomic E-state index is 0.695. The molecule has 0 bridgehead atoms. The molecule has 17 heavy (non-hydrogen) atoms. The number of hydrogen-bond acceptors (Lipinski definition) is 3. The van der Waals surface area contributed by atoms with Crippen LogP contribution >= 0.6 is 11.3 Å². The van der Waals surface area contributed by atoms with Gasteiger partial charge in [0.1, 0.15) is 0 Å². The summed E-state index contributed by atoms with van der Waals surface area (Å²) in [5.74, 6) is 1.67. The van der Waals surface area contributed by atoms with E-state index in [4.69, 9.17) is 0 Å². The van der Waals surface area contributed by atoms with Gasteiger partial charge in [0.2, 0.25) is 0 Å². The molecule has 1 fully saturated rings. The molecule has 1 aliphatic carbocycles. The van der Waals surface area contributed by atoms with Gasteiger partial charge in [0, 0.05) is 17.5 Å². The number of thiazole rings is 1. The number of aryl methyl sites for hydroxylation is 2. The zero-order valence-corrected chi connectivity index (χ0v) is 12.2. The highest BCUT2D eigenvalue weighted by Gasteiger charge is 2.26. The summed E-state index contributed by atoms with van der Waals surface area (Å²) in [7, 11) is 0. The van der Waals surface area contributed by atoms with Crippen LogP contribution in [0.2, 0.25) is 0 Å². The quantitative estimate of drug-likeness (QED) is 0.887. The van der Waals surface area contributed by atoms with Gasteiger partial charge in [-0.25, -0.2) is 4.98 Å². The fourth-order valence-corrected chi connectivity index (χ4v) is 3.72. The Balaban J connectivity index is 1.91. The van der Waals surface area contributed by atoms with E-state index in [0.717, 1.165) is 18.4 Å². The van der Waals surface area contributed by atoms with Crippen molar-refractivity contribution >= 4 is 11.3 Å². The number of nitrogens with one attached hydrogen (secondary N) is 1. The van der Waals surface area contributed by atoms with Crippen LogP contribution in [0, 0.1) is 25.7 Å². The van der Waals surface area contributed by atoms with Gasteiger partial charge in [-0.2, -0.15) is 0 Å². The predicted molar refractivity (Wildman–Crippen MR) is 74.4 cm³/mol. The maximum absolute atomic E-state index is 4.49. The minimum Gasteiger partial charge on any atom is -0.309 e. The van der Waals surface area contributed by atoms with Crippen molar-refractivity contribution in [3.05, 3.63) is 15.6 Å². The zero-order chi connectivity index (χ0) is 12.4. The molecule has 0 amide bonds. The Morgan fingerprint density at radius 2 is 2.06 bits per heavy atom. The van der Waals surface area contributed by atoms with Crippen LogP contribution in [0.5, 0.6) is 0 Å². The summed E-state index contributed by atoms with van der Waals surface area (Å²) in [6.45, 7) is 9.99. The van der Waals surface area contributed by atoms with Crippen molar-refractivity contribution in [3.63, 3.8) is 0 Å². The molecular formula is C14H24N2S. The lowest BCUT2D eigenvalue weighted by Gasteiger charge is -2.34. The minimum absolute atomic E-state index is 0.695. The van der Waals surface area contributed by atoms with Crippen LogP contribution in [0.3, 0.4) is 0 Å². The average molecular weight is 252 g/mol. The number of nitrogens with zero attached hydrogens (tertiary/aromatic N) is 1. The molecule has 1 aromatic heterocycles. The third kappa shape index (κ3) is 3.08. The van der Waals surface area contributed by atoms with Gasteiger partial charge in [0.25, 0.3) is 0 Å². The Morgan fingerprint density at radius 3 is 2.71 bits per heavy atom. The van der Waals surface area contributed by atoms with E-state index in [1.165, 1.54) is 34.8 Å². The van der Waals surface area contributed by atoms with Gasteiger partial charge in [-0.05, 0) is 32.1 Å². The third-order valence-electron chi connectivity index (χ3n) is 4.23. The molecule has 3 heteroatoms. The van der Waals surface area contributed by atoms with E-state index in [9.17, 15) is 0 Å². The molecule has 1 aromatic rings. The van der Waals surface area contributed by atoms with E-state index in [1.807, 2.05) is 11.3 Å². The summed E-state index contributed by atoms with van der Waals surface area (Å²) in [6.07, 6.45) is 4.12. The van der Waals surface area contributed by atoms with Crippen molar-refractivity contribution < 1.29 is 0 Å². The normalized spacial score (nSPS) is 29.5. The lowest BCUT2D eigenvalue weighted by molar-refractivity contribution is 0.206. The maximum Gasteiger partial charge on any atom is 0.0900 e. The third-order valence-corrected chi connectivity index (χ3v) is 5.30. The van der Waals surface area contributed by atoms with Gasteiger partial charge in [-0.3, -0.25) is 0 Å². The van der Waals surface area contributed by atoms with Gasteiger partial charge in [0.15, 0.2) is 0 Å². The van der Waals surface area contributed by atoms with Crippen LogP contribution < -0.4 is 5.32 Å². The van der Waals surface area contributed by atoms with Gasteiger partial charge in [0.05, 0.1) is 10.7 Å². The molecule has 2 rings (SSSR count). The van der Waals surface area contributed by atoms with Gasteiger partial charge >= 0.3 is 0 Å². The Morgan fingerprint density at radius 1 is 1.29 bits per heavy atom. The lowest BCUT2D eigenvalue weighted by Crippen LogP contribution is -2.40. The highest BCUT2D eigenvalue weighted by Crippen LogP contribution is 2.30. The highest BCUT2D eigenvalue weighted by molar-refractivity contribution is 7.11. The van der Waals surface area contributed by atoms with Crippen LogP contribution in [-0.2, 0) is 6.54 Å². The van der Waals surface area contributed by atoms with E-state index in [0.29, 0.717) is 6.04 Å². The molecule has 0 radical (unpaired) electrons. The first-order chi connectivity index (χ1) is 8.08. The molecule has 1 saturated carbocycles. The van der Waals surface area contributed by atoms with Gasteiger partial charge in [-0.15, -0.1) is 11.3 Å². The number of rotatable bonds is 3. The largest absolute Gasteiger partial charge is 0.309 e. The summed E-state index contributed by atoms with van der Waals surface area (Å²) in [5.41, 5.74) is 1.21. The fraction of sp³-hybridized carbons (Fsp3) is 0.786. The molecule has 96 valence electrons. The van der Waals surface area contributed by atoms with Gasteiger partial charge < -0.3 is 5.32 Å². The van der Waals surface area contributed by atoms with Crippen molar-refractivity contribution in [1.82, 2.24) is 10.3 Å². The average Bonchev–Trinajstić information content (AvgIpc) is 2.60. The zero-order valence-electron chi connectivity index (χ0n) is 11.4. The van der Waals surface area contributed by atoms with Crippen molar-refractivity contribution in [1.29, 1.82) is 0 Å². The van der Waals surface area contributed by atoms with Crippen LogP contribution in [0.1, 0.15) is 48.7 Å². The Hall–Kier alpha value is -0.410. The van der Waals surface area contributed by atoms with Gasteiger partial charge in [-0.1, -0.05) is 26.7 Å². The molecule has 0 aliphatic heterocycles. The van der Waals surface area contributed by atoms with Crippen LogP contribution in [0.4, 0.5) is 0 Å². The van der Waals surface area contributed by atoms with Crippen LogP contribution in [0.25, 0.3) is 0 Å². The second kappa shape index (κ2) is 5.49. The summed E-state index contributed by atoms with van der Waals surface area (Å²) < 4.78 is 0. The van der Waals surface area contributed by atoms with E-state index in [-0.39, 0.29) is 0 Å². The molecular weight excluding hydrogens is 228 g/mol. The molecule has 2 nitrogen and oxygen atoms in total. The fourth-order valence-electron chi connectivity index (χ4n) is 2.83. The summed E-state index contributed by atoms with van der Waals surface area (Å²) >= 11 is 1.83. The SMILES string of the molecule is Cc1nc(C)c(CNC2CCCC(C)C2C)s1. The Bertz CT molecular complexity index is 372. The molecule has 3 unspecified atom stereocenters. The second-order valence-electron chi connectivity index (χ2n) is 5.50. The van der Waals surface area contributed by atoms with E-state index in [1.54, 1.807) is 0 Å². The molecule has 1 N–H and O–H groups in total. The lowest BCUT2D eigenvalue weighted by atomic mass is 9.78. The summed E-state index contributed by atoms with van der Waals surface area (Å²) in [6, 6.07) is 0.695. The van der Waals surface area contributed by atoms with Crippen molar-refractivity contribution in [2.24, 2.45) is 11.8 Å². The first kappa shape index (κ1) is 13.0. The maximum atomic E-state index is 4.49. The predicted octanol–water partition coefficient (Wildman–Crippen LogP) is 3.67. The van der Waals surface area contributed by atoms with Crippen molar-refractivity contribution in [2.75, 3.05) is 0 Å². The summed E-state index contributed by atoms with van der Waals surface area (Å²) in [4.78, 5) is 5.90. The molecule has 0 aromatic carbocycles.